The highest BCUT2D eigenvalue weighted by molar-refractivity contribution is 5.96. The Hall–Kier alpha value is -1.88. The third-order valence-corrected chi connectivity index (χ3v) is 4.75. The fourth-order valence-corrected chi connectivity index (χ4v) is 3.17. The summed E-state index contributed by atoms with van der Waals surface area (Å²) in [6.45, 7) is 8.94. The van der Waals surface area contributed by atoms with Gasteiger partial charge in [0.05, 0.1) is 6.54 Å². The zero-order valence-electron chi connectivity index (χ0n) is 15.0. The van der Waals surface area contributed by atoms with Gasteiger partial charge < -0.3 is 10.2 Å². The van der Waals surface area contributed by atoms with Gasteiger partial charge >= 0.3 is 0 Å². The second-order valence-corrected chi connectivity index (χ2v) is 6.42. The highest BCUT2D eigenvalue weighted by atomic mass is 16.2. The second-order valence-electron chi connectivity index (χ2n) is 6.42. The summed E-state index contributed by atoms with van der Waals surface area (Å²) in [5, 5.41) is 2.93. The fraction of sp³-hybridized carbons (Fsp3) is 0.579. The van der Waals surface area contributed by atoms with Crippen LogP contribution in [0.25, 0.3) is 0 Å². The van der Waals surface area contributed by atoms with Crippen molar-refractivity contribution < 1.29 is 9.59 Å². The first-order chi connectivity index (χ1) is 11.5. The van der Waals surface area contributed by atoms with Gasteiger partial charge in [-0.25, -0.2) is 0 Å². The standard InChI is InChI=1S/C19H29N3O2/c1-4-21(5-2)19(24)16-9-11-17(12-10-16)20-18(23)14-22-13-7-6-8-15(22)3/h9-12,15H,4-8,13-14H2,1-3H3,(H,20,23)/t15-/m0/s1. The van der Waals surface area contributed by atoms with Crippen LogP contribution in [0.3, 0.4) is 0 Å². The van der Waals surface area contributed by atoms with Crippen molar-refractivity contribution in [3.05, 3.63) is 29.8 Å². The highest BCUT2D eigenvalue weighted by Gasteiger charge is 2.20. The van der Waals surface area contributed by atoms with E-state index in [0.29, 0.717) is 31.2 Å². The molecule has 0 aromatic heterocycles. The third kappa shape index (κ3) is 4.81. The summed E-state index contributed by atoms with van der Waals surface area (Å²) >= 11 is 0. The van der Waals surface area contributed by atoms with Gasteiger partial charge in [0, 0.05) is 30.4 Å². The van der Waals surface area contributed by atoms with Gasteiger partial charge in [-0.3, -0.25) is 14.5 Å². The number of piperidine rings is 1. The minimum Gasteiger partial charge on any atom is -0.339 e. The predicted octanol–water partition coefficient (Wildman–Crippen LogP) is 2.98. The van der Waals surface area contributed by atoms with Gasteiger partial charge in [0.1, 0.15) is 0 Å². The van der Waals surface area contributed by atoms with Gasteiger partial charge in [-0.2, -0.15) is 0 Å². The first-order valence-electron chi connectivity index (χ1n) is 8.98. The molecule has 0 aliphatic carbocycles. The molecular weight excluding hydrogens is 302 g/mol. The molecule has 2 amide bonds. The maximum Gasteiger partial charge on any atom is 0.253 e. The molecule has 0 bridgehead atoms. The molecule has 1 aromatic carbocycles. The average Bonchev–Trinajstić information content (AvgIpc) is 2.58. The van der Waals surface area contributed by atoms with Gasteiger partial charge in [0.15, 0.2) is 0 Å². The second kappa shape index (κ2) is 8.83. The molecule has 1 aliphatic heterocycles. The molecule has 0 spiro atoms. The van der Waals surface area contributed by atoms with E-state index in [1.165, 1.54) is 12.8 Å². The molecule has 132 valence electrons. The van der Waals surface area contributed by atoms with Crippen molar-refractivity contribution in [2.75, 3.05) is 31.5 Å². The molecule has 1 aromatic rings. The van der Waals surface area contributed by atoms with Crippen LogP contribution >= 0.6 is 0 Å². The van der Waals surface area contributed by atoms with E-state index in [2.05, 4.69) is 17.1 Å². The highest BCUT2D eigenvalue weighted by Crippen LogP contribution is 2.16. The fourth-order valence-electron chi connectivity index (χ4n) is 3.17. The maximum absolute atomic E-state index is 12.3. The molecule has 1 saturated heterocycles. The lowest BCUT2D eigenvalue weighted by Gasteiger charge is -2.32. The number of nitrogens with one attached hydrogen (secondary N) is 1. The molecule has 1 aliphatic rings. The van der Waals surface area contributed by atoms with E-state index in [4.69, 9.17) is 0 Å². The number of benzene rings is 1. The van der Waals surface area contributed by atoms with Crippen molar-refractivity contribution in [1.29, 1.82) is 0 Å². The van der Waals surface area contributed by atoms with E-state index in [-0.39, 0.29) is 11.8 Å². The Morgan fingerprint density at radius 3 is 2.42 bits per heavy atom. The lowest BCUT2D eigenvalue weighted by molar-refractivity contribution is -0.118. The maximum atomic E-state index is 12.3. The van der Waals surface area contributed by atoms with Crippen LogP contribution in [0.1, 0.15) is 50.4 Å². The molecule has 1 N–H and O–H groups in total. The smallest absolute Gasteiger partial charge is 0.253 e. The number of hydrogen-bond donors (Lipinski definition) is 1. The molecule has 0 saturated carbocycles. The zero-order chi connectivity index (χ0) is 17.5. The van der Waals surface area contributed by atoms with E-state index in [1.807, 2.05) is 13.8 Å². The molecule has 1 heterocycles. The van der Waals surface area contributed by atoms with Crippen LogP contribution in [0.15, 0.2) is 24.3 Å². The summed E-state index contributed by atoms with van der Waals surface area (Å²) in [7, 11) is 0. The summed E-state index contributed by atoms with van der Waals surface area (Å²) in [5.41, 5.74) is 1.39. The predicted molar refractivity (Wildman–Crippen MR) is 97.2 cm³/mol. The molecule has 5 heteroatoms. The molecular formula is C19H29N3O2. The van der Waals surface area contributed by atoms with Crippen molar-refractivity contribution >= 4 is 17.5 Å². The quantitative estimate of drug-likeness (QED) is 0.872. The molecule has 1 fully saturated rings. The van der Waals surface area contributed by atoms with Crippen LogP contribution in [0.5, 0.6) is 0 Å². The SMILES string of the molecule is CCN(CC)C(=O)c1ccc(NC(=O)CN2CCCC[C@@H]2C)cc1. The summed E-state index contributed by atoms with van der Waals surface area (Å²) in [4.78, 5) is 28.5. The van der Waals surface area contributed by atoms with Gasteiger partial charge in [-0.05, 0) is 64.4 Å². The molecule has 0 unspecified atom stereocenters. The first kappa shape index (κ1) is 18.5. The Bertz CT molecular complexity index is 552. The van der Waals surface area contributed by atoms with Crippen molar-refractivity contribution in [2.45, 2.75) is 46.1 Å². The van der Waals surface area contributed by atoms with E-state index in [1.54, 1.807) is 29.2 Å². The van der Waals surface area contributed by atoms with Gasteiger partial charge in [-0.1, -0.05) is 6.42 Å². The van der Waals surface area contributed by atoms with Crippen molar-refractivity contribution in [2.24, 2.45) is 0 Å². The normalized spacial score (nSPS) is 18.2. The Labute approximate surface area is 145 Å². The van der Waals surface area contributed by atoms with Crippen LogP contribution in [0.2, 0.25) is 0 Å². The number of carbonyl (C=O) groups is 2. The topological polar surface area (TPSA) is 52.7 Å². The zero-order valence-corrected chi connectivity index (χ0v) is 15.0. The van der Waals surface area contributed by atoms with E-state index < -0.39 is 0 Å². The summed E-state index contributed by atoms with van der Waals surface area (Å²) < 4.78 is 0. The lowest BCUT2D eigenvalue weighted by atomic mass is 10.0. The largest absolute Gasteiger partial charge is 0.339 e. The van der Waals surface area contributed by atoms with Gasteiger partial charge in [-0.15, -0.1) is 0 Å². The Kier molecular flexibility index (Phi) is 6.79. The first-order valence-corrected chi connectivity index (χ1v) is 8.98. The number of rotatable bonds is 6. The number of amides is 2. The Balaban J connectivity index is 1.91. The molecule has 24 heavy (non-hydrogen) atoms. The van der Waals surface area contributed by atoms with E-state index in [9.17, 15) is 9.59 Å². The van der Waals surface area contributed by atoms with Gasteiger partial charge in [0.2, 0.25) is 5.91 Å². The number of nitrogens with zero attached hydrogens (tertiary/aromatic N) is 2. The molecule has 2 rings (SSSR count). The lowest BCUT2D eigenvalue weighted by Crippen LogP contribution is -2.42. The Morgan fingerprint density at radius 2 is 1.83 bits per heavy atom. The number of anilines is 1. The van der Waals surface area contributed by atoms with Crippen LogP contribution < -0.4 is 5.32 Å². The van der Waals surface area contributed by atoms with Crippen molar-refractivity contribution in [3.63, 3.8) is 0 Å². The number of likely N-dealkylation sites (tertiary alicyclic amines) is 1. The third-order valence-electron chi connectivity index (χ3n) is 4.75. The molecule has 5 nitrogen and oxygen atoms in total. The van der Waals surface area contributed by atoms with Crippen LogP contribution in [0.4, 0.5) is 5.69 Å². The molecule has 1 atom stereocenters. The summed E-state index contributed by atoms with van der Waals surface area (Å²) in [6, 6.07) is 7.63. The Morgan fingerprint density at radius 1 is 1.17 bits per heavy atom. The number of carbonyl (C=O) groups excluding carboxylic acids is 2. The van der Waals surface area contributed by atoms with Crippen LogP contribution in [-0.2, 0) is 4.79 Å². The van der Waals surface area contributed by atoms with E-state index >= 15 is 0 Å². The monoisotopic (exact) mass is 331 g/mol. The van der Waals surface area contributed by atoms with Crippen LogP contribution in [0, 0.1) is 0 Å². The minimum absolute atomic E-state index is 0.00608. The summed E-state index contributed by atoms with van der Waals surface area (Å²) in [6.07, 6.45) is 3.58. The van der Waals surface area contributed by atoms with Gasteiger partial charge in [0.25, 0.3) is 5.91 Å². The van der Waals surface area contributed by atoms with Crippen LogP contribution in [-0.4, -0.2) is 53.8 Å². The minimum atomic E-state index is 0.00608. The van der Waals surface area contributed by atoms with Crippen molar-refractivity contribution in [3.8, 4) is 0 Å². The van der Waals surface area contributed by atoms with E-state index in [0.717, 1.165) is 18.7 Å². The average molecular weight is 331 g/mol. The summed E-state index contributed by atoms with van der Waals surface area (Å²) in [5.74, 6) is 0.0339. The number of hydrogen-bond acceptors (Lipinski definition) is 3. The molecule has 0 radical (unpaired) electrons. The van der Waals surface area contributed by atoms with Crippen molar-refractivity contribution in [1.82, 2.24) is 9.80 Å².